The van der Waals surface area contributed by atoms with Crippen LogP contribution in [-0.2, 0) is 19.8 Å². The van der Waals surface area contributed by atoms with Crippen LogP contribution in [0.1, 0.15) is 63.5 Å². The molecule has 0 radical (unpaired) electrons. The quantitative estimate of drug-likeness (QED) is 0.355. The number of nitrogens with one attached hydrogen (secondary N) is 2. The third-order valence-corrected chi connectivity index (χ3v) is 8.97. The average Bonchev–Trinajstić information content (AvgIpc) is 3.54. The second-order valence-electron chi connectivity index (χ2n) is 13.9. The van der Waals surface area contributed by atoms with Crippen LogP contribution in [0, 0.1) is 29.5 Å². The SMILES string of the molecule is [C-]#[N+][C@@H]1C[C@@]2(CN1C(=O)[C@H](CC(C)(C)C)N(C)C(=O)[C@@H](NC(=O)c1ccc3c(F)cc(F)cc3n1)C(C)C)C(=O)Nc1ccccc12. The molecule has 1 aromatic heterocycles. The molecule has 10 nitrogen and oxygen atoms in total. The number of likely N-dealkylation sites (N-methyl/N-ethyl adjacent to an activating group) is 1. The first-order valence-corrected chi connectivity index (χ1v) is 15.5. The lowest BCUT2D eigenvalue weighted by Crippen LogP contribution is -2.57. The Kier molecular flexibility index (Phi) is 8.79. The lowest BCUT2D eigenvalue weighted by atomic mass is 9.80. The maximum atomic E-state index is 14.4. The van der Waals surface area contributed by atoms with Gasteiger partial charge >= 0.3 is 6.17 Å². The topological polar surface area (TPSA) is 116 Å². The summed E-state index contributed by atoms with van der Waals surface area (Å²) in [6, 6.07) is 9.51. The molecule has 5 rings (SSSR count). The third-order valence-electron chi connectivity index (χ3n) is 8.97. The highest BCUT2D eigenvalue weighted by molar-refractivity contribution is 6.07. The second-order valence-corrected chi connectivity index (χ2v) is 13.9. The van der Waals surface area contributed by atoms with Gasteiger partial charge in [0, 0.05) is 36.8 Å². The Bertz CT molecular complexity index is 1820. The van der Waals surface area contributed by atoms with Gasteiger partial charge in [0.05, 0.1) is 11.9 Å². The Morgan fingerprint density at radius 2 is 1.87 bits per heavy atom. The molecule has 1 fully saturated rings. The van der Waals surface area contributed by atoms with E-state index in [1.54, 1.807) is 19.9 Å². The van der Waals surface area contributed by atoms with Crippen LogP contribution in [0.5, 0.6) is 0 Å². The molecule has 3 heterocycles. The van der Waals surface area contributed by atoms with Gasteiger partial charge in [0.15, 0.2) is 0 Å². The number of hydrogen-bond acceptors (Lipinski definition) is 5. The molecule has 1 spiro atoms. The minimum atomic E-state index is -1.08. The number of carbonyl (C=O) groups excluding carboxylic acids is 4. The fourth-order valence-electron chi connectivity index (χ4n) is 6.50. The molecule has 12 heteroatoms. The van der Waals surface area contributed by atoms with Crippen molar-refractivity contribution < 1.29 is 28.0 Å². The summed E-state index contributed by atoms with van der Waals surface area (Å²) in [6.45, 7) is 17.2. The zero-order valence-electron chi connectivity index (χ0n) is 27.2. The molecule has 47 heavy (non-hydrogen) atoms. The van der Waals surface area contributed by atoms with E-state index in [2.05, 4.69) is 20.5 Å². The van der Waals surface area contributed by atoms with Gasteiger partial charge in [-0.05, 0) is 41.5 Å². The molecule has 1 saturated heterocycles. The number of likely N-dealkylation sites (tertiary alicyclic amines) is 1. The molecular weight excluding hydrogens is 606 g/mol. The summed E-state index contributed by atoms with van der Waals surface area (Å²) in [5.74, 6) is -4.06. The molecule has 2 aromatic carbocycles. The molecule has 2 aliphatic heterocycles. The van der Waals surface area contributed by atoms with Crippen molar-refractivity contribution in [3.05, 3.63) is 82.8 Å². The number of fused-ring (bicyclic) bond motifs is 3. The fraction of sp³-hybridized carbons (Fsp3) is 0.429. The number of para-hydroxylation sites is 1. The summed E-state index contributed by atoms with van der Waals surface area (Å²) in [5.41, 5.74) is -0.298. The minimum Gasteiger partial charge on any atom is -0.339 e. The number of benzene rings is 2. The van der Waals surface area contributed by atoms with Crippen molar-refractivity contribution in [2.24, 2.45) is 11.3 Å². The Hall–Kier alpha value is -4.92. The summed E-state index contributed by atoms with van der Waals surface area (Å²) >= 11 is 0. The van der Waals surface area contributed by atoms with Crippen molar-refractivity contribution >= 4 is 40.2 Å². The third kappa shape index (κ3) is 6.26. The maximum absolute atomic E-state index is 14.4. The summed E-state index contributed by atoms with van der Waals surface area (Å²) in [5, 5.41) is 5.64. The number of anilines is 1. The van der Waals surface area contributed by atoms with E-state index in [9.17, 15) is 28.0 Å². The van der Waals surface area contributed by atoms with Crippen molar-refractivity contribution in [3.8, 4) is 0 Å². The predicted molar refractivity (Wildman–Crippen MR) is 172 cm³/mol. The van der Waals surface area contributed by atoms with E-state index in [1.165, 1.54) is 29.0 Å². The van der Waals surface area contributed by atoms with Gasteiger partial charge in [-0.1, -0.05) is 52.8 Å². The summed E-state index contributed by atoms with van der Waals surface area (Å²) < 4.78 is 28.0. The van der Waals surface area contributed by atoms with Crippen molar-refractivity contribution in [3.63, 3.8) is 0 Å². The molecule has 4 atom stereocenters. The van der Waals surface area contributed by atoms with E-state index < -0.39 is 64.4 Å². The van der Waals surface area contributed by atoms with Gasteiger partial charge in [-0.3, -0.25) is 28.9 Å². The number of pyridine rings is 1. The van der Waals surface area contributed by atoms with E-state index >= 15 is 0 Å². The molecule has 246 valence electrons. The van der Waals surface area contributed by atoms with Gasteiger partial charge in [-0.15, -0.1) is 0 Å². The van der Waals surface area contributed by atoms with Crippen LogP contribution in [-0.4, -0.2) is 70.3 Å². The summed E-state index contributed by atoms with van der Waals surface area (Å²) in [6.07, 6.45) is -0.547. The largest absolute Gasteiger partial charge is 0.339 e. The lowest BCUT2D eigenvalue weighted by Gasteiger charge is -2.37. The molecule has 0 aliphatic carbocycles. The Balaban J connectivity index is 1.42. The molecule has 4 amide bonds. The number of amides is 4. The van der Waals surface area contributed by atoms with Gasteiger partial charge in [-0.25, -0.2) is 20.3 Å². The highest BCUT2D eigenvalue weighted by atomic mass is 19.1. The van der Waals surface area contributed by atoms with Gasteiger partial charge in [0.25, 0.3) is 11.8 Å². The second kappa shape index (κ2) is 12.4. The van der Waals surface area contributed by atoms with Crippen LogP contribution in [0.4, 0.5) is 14.5 Å². The molecule has 0 saturated carbocycles. The highest BCUT2D eigenvalue weighted by Gasteiger charge is 2.59. The van der Waals surface area contributed by atoms with Crippen molar-refractivity contribution in [1.82, 2.24) is 20.1 Å². The van der Waals surface area contributed by atoms with Crippen LogP contribution < -0.4 is 10.6 Å². The van der Waals surface area contributed by atoms with E-state index in [4.69, 9.17) is 6.57 Å². The lowest BCUT2D eigenvalue weighted by molar-refractivity contribution is -0.147. The van der Waals surface area contributed by atoms with Crippen LogP contribution in [0.2, 0.25) is 0 Å². The Morgan fingerprint density at radius 1 is 1.17 bits per heavy atom. The van der Waals surface area contributed by atoms with Gasteiger partial charge in [-0.2, -0.15) is 0 Å². The number of aromatic nitrogens is 1. The number of halogens is 2. The fourth-order valence-corrected chi connectivity index (χ4v) is 6.50. The molecule has 3 aromatic rings. The number of rotatable bonds is 7. The van der Waals surface area contributed by atoms with Crippen molar-refractivity contribution in [1.29, 1.82) is 0 Å². The molecule has 2 aliphatic rings. The first kappa shape index (κ1) is 33.4. The van der Waals surface area contributed by atoms with E-state index in [-0.39, 0.29) is 41.9 Å². The predicted octanol–water partition coefficient (Wildman–Crippen LogP) is 4.90. The van der Waals surface area contributed by atoms with Crippen LogP contribution in [0.15, 0.2) is 48.5 Å². The van der Waals surface area contributed by atoms with E-state index in [1.807, 2.05) is 39.0 Å². The zero-order chi connectivity index (χ0) is 34.4. The number of hydrogen-bond donors (Lipinski definition) is 2. The number of nitrogens with zero attached hydrogens (tertiary/aromatic N) is 4. The maximum Gasteiger partial charge on any atom is 0.302 e. The Morgan fingerprint density at radius 3 is 2.53 bits per heavy atom. The number of carbonyl (C=O) groups is 4. The zero-order valence-corrected chi connectivity index (χ0v) is 27.2. The van der Waals surface area contributed by atoms with E-state index in [0.717, 1.165) is 17.7 Å². The summed E-state index contributed by atoms with van der Waals surface area (Å²) in [4.78, 5) is 65.7. The Labute approximate surface area is 272 Å². The van der Waals surface area contributed by atoms with Gasteiger partial charge in [0.1, 0.15) is 34.8 Å². The average molecular weight is 645 g/mol. The van der Waals surface area contributed by atoms with Crippen LogP contribution in [0.3, 0.4) is 0 Å². The first-order chi connectivity index (χ1) is 22.1. The van der Waals surface area contributed by atoms with Crippen molar-refractivity contribution in [2.45, 2.75) is 71.1 Å². The standard InChI is InChI=1S/C35H38F2N6O4/c1-19(2)29(41-30(44)25-13-12-21-23(37)14-20(36)15-26(21)39-25)32(46)42(7)27(16-34(3,4)5)31(45)43-18-35(17-28(43)38-6)22-10-8-9-11-24(22)40-33(35)47/h8-15,19,27-29H,16-18H2,1-5,7H3,(H,40,47)(H,41,44)/t27-,28-,29-,35-/m0/s1. The molecular formula is C35H38F2N6O4. The van der Waals surface area contributed by atoms with Gasteiger partial charge in [0.2, 0.25) is 11.8 Å². The molecule has 2 N–H and O–H groups in total. The van der Waals surface area contributed by atoms with Crippen LogP contribution >= 0.6 is 0 Å². The first-order valence-electron chi connectivity index (χ1n) is 15.5. The molecule has 0 bridgehead atoms. The van der Waals surface area contributed by atoms with E-state index in [0.29, 0.717) is 5.69 Å². The summed E-state index contributed by atoms with van der Waals surface area (Å²) in [7, 11) is 1.49. The van der Waals surface area contributed by atoms with Gasteiger partial charge < -0.3 is 15.5 Å². The highest BCUT2D eigenvalue weighted by Crippen LogP contribution is 2.47. The van der Waals surface area contributed by atoms with Crippen LogP contribution in [0.25, 0.3) is 15.7 Å². The van der Waals surface area contributed by atoms with Crippen molar-refractivity contribution in [2.75, 3.05) is 18.9 Å². The smallest absolute Gasteiger partial charge is 0.302 e. The monoisotopic (exact) mass is 644 g/mol. The normalized spacial score (nSPS) is 20.1. The minimum absolute atomic E-state index is 0.0104. The molecule has 0 unspecified atom stereocenters.